The lowest BCUT2D eigenvalue weighted by Gasteiger charge is -2.14. The van der Waals surface area contributed by atoms with Crippen molar-refractivity contribution in [3.8, 4) is 0 Å². The molecule has 0 aromatic rings. The summed E-state index contributed by atoms with van der Waals surface area (Å²) in [5.41, 5.74) is 0.0742. The van der Waals surface area contributed by atoms with Crippen LogP contribution in [0.3, 0.4) is 0 Å². The van der Waals surface area contributed by atoms with E-state index in [0.717, 1.165) is 28.2 Å². The van der Waals surface area contributed by atoms with Gasteiger partial charge in [-0.1, -0.05) is 15.9 Å². The third-order valence-electron chi connectivity index (χ3n) is 1.47. The van der Waals surface area contributed by atoms with Gasteiger partial charge in [-0.3, -0.25) is 4.79 Å². The number of alkyl halides is 1. The number of halogens is 4. The molecule has 0 aromatic heterocycles. The van der Waals surface area contributed by atoms with Crippen molar-refractivity contribution in [2.45, 2.75) is 0 Å². The van der Waals surface area contributed by atoms with Gasteiger partial charge < -0.3 is 0 Å². The van der Waals surface area contributed by atoms with E-state index >= 15 is 0 Å². The molecule has 0 saturated heterocycles. The van der Waals surface area contributed by atoms with Crippen LogP contribution in [0.1, 0.15) is 0 Å². The first-order valence-corrected chi connectivity index (χ1v) is 6.08. The Balaban J connectivity index is 5.33. The zero-order valence-electron chi connectivity index (χ0n) is 9.14. The molecule has 0 atom stereocenters. The summed E-state index contributed by atoms with van der Waals surface area (Å²) in [4.78, 5) is 11.3. The van der Waals surface area contributed by atoms with Crippen molar-refractivity contribution >= 4 is 40.0 Å². The topological polar surface area (TPSA) is 32.7 Å². The predicted molar refractivity (Wildman–Crippen MR) is 72.7 cm³/mol. The summed E-state index contributed by atoms with van der Waals surface area (Å²) in [7, 11) is 0. The van der Waals surface area contributed by atoms with E-state index < -0.39 is 5.83 Å². The fourth-order valence-corrected chi connectivity index (χ4v) is 1.05. The van der Waals surface area contributed by atoms with E-state index in [9.17, 15) is 13.6 Å². The largest absolute Gasteiger partial charge is 0.299 e. The van der Waals surface area contributed by atoms with Crippen molar-refractivity contribution in [1.82, 2.24) is 5.01 Å². The van der Waals surface area contributed by atoms with Gasteiger partial charge in [0.1, 0.15) is 12.1 Å². The van der Waals surface area contributed by atoms with Gasteiger partial charge in [-0.2, -0.15) is 5.10 Å². The number of hydrogen-bond donors (Lipinski definition) is 0. The standard InChI is InChI=1S/C11H10BrClF2N2O/c12-9-10(15)8-11(2-4-14)17(6-1-7-18)16-5-3-13/h1-2,4-9H,3H2/b4-2+,6-1-,10-9-,11-8+,16-5+. The molecule has 0 aromatic carbocycles. The minimum Gasteiger partial charge on any atom is -0.299 e. The van der Waals surface area contributed by atoms with Gasteiger partial charge in [0.05, 0.1) is 17.9 Å². The highest BCUT2D eigenvalue weighted by Crippen LogP contribution is 2.13. The van der Waals surface area contributed by atoms with Gasteiger partial charge in [-0.15, -0.1) is 11.6 Å². The van der Waals surface area contributed by atoms with E-state index in [4.69, 9.17) is 11.6 Å². The first-order chi connectivity index (χ1) is 8.69. The maximum atomic E-state index is 13.1. The summed E-state index contributed by atoms with van der Waals surface area (Å²) in [5, 5.41) is 4.92. The molecular weight excluding hydrogens is 329 g/mol. The SMILES string of the molecule is O=C/C=C\N(/N=C/CCl)C(/C=C/F)=C/C(F)=C/Br. The van der Waals surface area contributed by atoms with E-state index in [0.29, 0.717) is 6.29 Å². The smallest absolute Gasteiger partial charge is 0.144 e. The van der Waals surface area contributed by atoms with Crippen LogP contribution in [0, 0.1) is 0 Å². The molecule has 0 aliphatic rings. The van der Waals surface area contributed by atoms with Crippen molar-refractivity contribution in [3.05, 3.63) is 47.3 Å². The molecule has 0 unspecified atom stereocenters. The van der Waals surface area contributed by atoms with Gasteiger partial charge in [0.15, 0.2) is 0 Å². The third-order valence-corrected chi connectivity index (χ3v) is 2.04. The van der Waals surface area contributed by atoms with Gasteiger partial charge in [0.25, 0.3) is 0 Å². The second-order valence-corrected chi connectivity index (χ2v) is 3.40. The molecule has 0 N–H and O–H groups in total. The fraction of sp³-hybridized carbons (Fsp3) is 0.0909. The molecule has 0 heterocycles. The van der Waals surface area contributed by atoms with Crippen LogP contribution in [-0.4, -0.2) is 23.4 Å². The van der Waals surface area contributed by atoms with Gasteiger partial charge in [0, 0.05) is 23.5 Å². The van der Waals surface area contributed by atoms with E-state index in [2.05, 4.69) is 21.0 Å². The van der Waals surface area contributed by atoms with E-state index in [1.807, 2.05) is 0 Å². The molecule has 0 spiro atoms. The number of hydrogen-bond acceptors (Lipinski definition) is 3. The van der Waals surface area contributed by atoms with Gasteiger partial charge in [-0.25, -0.2) is 13.8 Å². The average Bonchev–Trinajstić information content (AvgIpc) is 2.38. The fourth-order valence-electron chi connectivity index (χ4n) is 0.855. The first kappa shape index (κ1) is 16.7. The Hall–Kier alpha value is -1.27. The van der Waals surface area contributed by atoms with Gasteiger partial charge >= 0.3 is 0 Å². The Bertz CT molecular complexity index is 406. The number of allylic oxidation sites excluding steroid dienone is 4. The Morgan fingerprint density at radius 2 is 2.22 bits per heavy atom. The number of carbonyl (C=O) groups excluding carboxylic acids is 1. The zero-order valence-corrected chi connectivity index (χ0v) is 11.5. The van der Waals surface area contributed by atoms with E-state index in [-0.39, 0.29) is 17.9 Å². The van der Waals surface area contributed by atoms with Crippen molar-refractivity contribution in [3.63, 3.8) is 0 Å². The molecular formula is C11H10BrClF2N2O. The number of aldehydes is 1. The number of rotatable bonds is 7. The number of hydrazone groups is 1. The summed E-state index contributed by atoms with van der Waals surface area (Å²) in [5.74, 6) is -0.525. The maximum Gasteiger partial charge on any atom is 0.144 e. The molecule has 0 aliphatic carbocycles. The summed E-state index contributed by atoms with van der Waals surface area (Å²) >= 11 is 8.22. The highest BCUT2D eigenvalue weighted by molar-refractivity contribution is 9.11. The molecule has 18 heavy (non-hydrogen) atoms. The molecule has 0 radical (unpaired) electrons. The van der Waals surface area contributed by atoms with Crippen molar-refractivity contribution < 1.29 is 13.6 Å². The average molecular weight is 340 g/mol. The maximum absolute atomic E-state index is 13.1. The molecule has 98 valence electrons. The third kappa shape index (κ3) is 7.13. The van der Waals surface area contributed by atoms with Crippen molar-refractivity contribution in [2.75, 3.05) is 5.88 Å². The summed E-state index contributed by atoms with van der Waals surface area (Å²) in [6.45, 7) is 0. The van der Waals surface area contributed by atoms with Gasteiger partial charge in [0.2, 0.25) is 0 Å². The highest BCUT2D eigenvalue weighted by atomic mass is 79.9. The van der Waals surface area contributed by atoms with Gasteiger partial charge in [-0.05, 0) is 12.2 Å². The first-order valence-electron chi connectivity index (χ1n) is 4.63. The van der Waals surface area contributed by atoms with Crippen LogP contribution in [0.2, 0.25) is 0 Å². The molecule has 0 fully saturated rings. The molecule has 3 nitrogen and oxygen atoms in total. The predicted octanol–water partition coefficient (Wildman–Crippen LogP) is 3.80. The second kappa shape index (κ2) is 10.9. The minimum atomic E-state index is -0.645. The molecule has 0 aliphatic heterocycles. The highest BCUT2D eigenvalue weighted by Gasteiger charge is 2.03. The number of nitrogens with zero attached hydrogens (tertiary/aromatic N) is 2. The zero-order chi connectivity index (χ0) is 13.8. The quantitative estimate of drug-likeness (QED) is 0.176. The normalized spacial score (nSPS) is 14.0. The molecule has 0 bridgehead atoms. The lowest BCUT2D eigenvalue weighted by Crippen LogP contribution is -2.08. The monoisotopic (exact) mass is 338 g/mol. The summed E-state index contributed by atoms with van der Waals surface area (Å²) < 4.78 is 25.3. The molecule has 0 saturated carbocycles. The van der Waals surface area contributed by atoms with Crippen LogP contribution in [0.5, 0.6) is 0 Å². The van der Waals surface area contributed by atoms with E-state index in [1.54, 1.807) is 0 Å². The summed E-state index contributed by atoms with van der Waals surface area (Å²) in [6, 6.07) is 0. The Morgan fingerprint density at radius 1 is 1.50 bits per heavy atom. The minimum absolute atomic E-state index is 0.0742. The Morgan fingerprint density at radius 3 is 2.72 bits per heavy atom. The van der Waals surface area contributed by atoms with Crippen LogP contribution >= 0.6 is 27.5 Å². The van der Waals surface area contributed by atoms with Crippen LogP contribution in [0.4, 0.5) is 8.78 Å². The van der Waals surface area contributed by atoms with Crippen molar-refractivity contribution in [2.24, 2.45) is 5.10 Å². The second-order valence-electron chi connectivity index (χ2n) is 2.63. The molecule has 7 heteroatoms. The van der Waals surface area contributed by atoms with Crippen molar-refractivity contribution in [1.29, 1.82) is 0 Å². The Labute approximate surface area is 117 Å². The lowest BCUT2D eigenvalue weighted by atomic mass is 10.3. The summed E-state index contributed by atoms with van der Waals surface area (Å²) in [6.07, 6.45) is 6.42. The van der Waals surface area contributed by atoms with Crippen LogP contribution in [0.25, 0.3) is 0 Å². The van der Waals surface area contributed by atoms with E-state index in [1.165, 1.54) is 12.4 Å². The molecule has 0 rings (SSSR count). The van der Waals surface area contributed by atoms with Crippen LogP contribution in [0.15, 0.2) is 52.4 Å². The number of carbonyl (C=O) groups is 1. The lowest BCUT2D eigenvalue weighted by molar-refractivity contribution is -0.104. The van der Waals surface area contributed by atoms with Crippen LogP contribution in [-0.2, 0) is 4.79 Å². The molecule has 0 amide bonds. The Kier molecular flexibility index (Phi) is 10.1. The van der Waals surface area contributed by atoms with Crippen LogP contribution < -0.4 is 0 Å².